The van der Waals surface area contributed by atoms with Crippen LogP contribution < -0.4 is 0 Å². The van der Waals surface area contributed by atoms with Crippen LogP contribution in [0.25, 0.3) is 5.00 Å². The number of aliphatic carboxylic acids is 1. The molecule has 1 unspecified atom stereocenters. The Kier molecular flexibility index (Phi) is 8.10. The number of hydrogen-bond acceptors (Lipinski definition) is 7. The van der Waals surface area contributed by atoms with Crippen LogP contribution >= 0.6 is 22.9 Å². The van der Waals surface area contributed by atoms with Crippen molar-refractivity contribution in [1.82, 2.24) is 24.6 Å². The van der Waals surface area contributed by atoms with E-state index < -0.39 is 17.4 Å². The van der Waals surface area contributed by atoms with Crippen molar-refractivity contribution < 1.29 is 14.7 Å². The number of fused-ring (bicyclic) bond motifs is 3. The second-order valence-electron chi connectivity index (χ2n) is 12.7. The van der Waals surface area contributed by atoms with Gasteiger partial charge in [-0.2, -0.15) is 0 Å². The fourth-order valence-electron chi connectivity index (χ4n) is 6.26. The van der Waals surface area contributed by atoms with Crippen LogP contribution in [0, 0.1) is 26.2 Å². The molecule has 3 aromatic rings. The summed E-state index contributed by atoms with van der Waals surface area (Å²) < 4.78 is 2.06. The molecule has 1 N–H and O–H groups in total. The highest BCUT2D eigenvalue weighted by molar-refractivity contribution is 7.15. The topological polar surface area (TPSA) is 104 Å². The molecule has 0 bridgehead atoms. The van der Waals surface area contributed by atoms with Gasteiger partial charge in [0.15, 0.2) is 5.82 Å². The molecule has 1 amide bonds. The van der Waals surface area contributed by atoms with Crippen molar-refractivity contribution in [2.45, 2.75) is 72.9 Å². The number of thiophene rings is 1. The summed E-state index contributed by atoms with van der Waals surface area (Å²) in [6, 6.07) is 7.17. The second kappa shape index (κ2) is 11.2. The van der Waals surface area contributed by atoms with Crippen LogP contribution in [0.2, 0.25) is 5.02 Å². The maximum absolute atomic E-state index is 13.8. The van der Waals surface area contributed by atoms with Crippen molar-refractivity contribution in [3.05, 3.63) is 62.5 Å². The molecule has 2 aromatic heterocycles. The van der Waals surface area contributed by atoms with E-state index in [4.69, 9.17) is 16.6 Å². The fourth-order valence-corrected chi connectivity index (χ4v) is 7.60. The van der Waals surface area contributed by atoms with E-state index in [9.17, 15) is 14.7 Å². The van der Waals surface area contributed by atoms with Crippen molar-refractivity contribution in [2.75, 3.05) is 26.2 Å². The number of carboxylic acids is 1. The number of piperazine rings is 1. The molecule has 2 aliphatic rings. The summed E-state index contributed by atoms with van der Waals surface area (Å²) in [5, 5.41) is 20.2. The largest absolute Gasteiger partial charge is 0.481 e. The minimum absolute atomic E-state index is 0.0212. The number of aryl methyl sites for hydroxylation is 2. The quantitative estimate of drug-likeness (QED) is 0.373. The summed E-state index contributed by atoms with van der Waals surface area (Å²) in [5.41, 5.74) is 2.83. The van der Waals surface area contributed by atoms with E-state index >= 15 is 0 Å². The van der Waals surface area contributed by atoms with Gasteiger partial charge in [-0.3, -0.25) is 24.0 Å². The highest BCUT2D eigenvalue weighted by Gasteiger charge is 2.40. The summed E-state index contributed by atoms with van der Waals surface area (Å²) in [6.45, 7) is 16.4. The summed E-state index contributed by atoms with van der Waals surface area (Å²) in [4.78, 5) is 36.2. The van der Waals surface area contributed by atoms with Gasteiger partial charge in [0, 0.05) is 52.7 Å². The minimum Gasteiger partial charge on any atom is -0.481 e. The first kappa shape index (κ1) is 30.4. The molecule has 11 heteroatoms. The smallest absolute Gasteiger partial charge is 0.309 e. The van der Waals surface area contributed by atoms with Gasteiger partial charge in [-0.15, -0.1) is 21.5 Å². The van der Waals surface area contributed by atoms with Gasteiger partial charge < -0.3 is 10.0 Å². The number of carbonyl (C=O) groups is 2. The Hall–Kier alpha value is -3.08. The third kappa shape index (κ3) is 5.64. The van der Waals surface area contributed by atoms with Crippen LogP contribution in [0.1, 0.15) is 79.8 Å². The van der Waals surface area contributed by atoms with Gasteiger partial charge in [0.25, 0.3) is 0 Å². The number of benzene rings is 1. The Morgan fingerprint density at radius 3 is 2.29 bits per heavy atom. The number of rotatable bonds is 7. The van der Waals surface area contributed by atoms with Gasteiger partial charge in [-0.05, 0) is 72.6 Å². The SMILES string of the molecule is Cc1sc2c(c1C)C(c1ccc(Cl)cc1)=NC(CC(=O)N1CCN(C(C)(C)CC(C)(C)C(=O)O)CC1)c1nnc(C)n1-2. The predicted molar refractivity (Wildman–Crippen MR) is 166 cm³/mol. The van der Waals surface area contributed by atoms with Gasteiger partial charge in [-0.1, -0.05) is 23.7 Å². The van der Waals surface area contributed by atoms with Gasteiger partial charge >= 0.3 is 5.97 Å². The maximum atomic E-state index is 13.8. The zero-order valence-corrected chi connectivity index (χ0v) is 26.9. The van der Waals surface area contributed by atoms with Crippen LogP contribution in [0.4, 0.5) is 0 Å². The van der Waals surface area contributed by atoms with Crippen molar-refractivity contribution >= 4 is 40.5 Å². The van der Waals surface area contributed by atoms with E-state index in [-0.39, 0.29) is 17.9 Å². The Morgan fingerprint density at radius 1 is 1.02 bits per heavy atom. The van der Waals surface area contributed by atoms with Crippen molar-refractivity contribution in [3.8, 4) is 5.00 Å². The molecule has 1 atom stereocenters. The molecular weight excluding hydrogens is 572 g/mol. The van der Waals surface area contributed by atoms with Crippen LogP contribution in [0.15, 0.2) is 29.3 Å². The molecule has 1 aromatic carbocycles. The molecule has 0 radical (unpaired) electrons. The average molecular weight is 611 g/mol. The molecule has 2 aliphatic heterocycles. The molecule has 1 saturated heterocycles. The number of carboxylic acid groups (broad SMARTS) is 1. The lowest BCUT2D eigenvalue weighted by atomic mass is 9.79. The normalized spacial score (nSPS) is 17.9. The number of nitrogens with zero attached hydrogens (tertiary/aromatic N) is 6. The number of halogens is 1. The molecule has 5 rings (SSSR count). The molecule has 0 spiro atoms. The Bertz CT molecular complexity index is 1550. The Morgan fingerprint density at radius 2 is 1.67 bits per heavy atom. The van der Waals surface area contributed by atoms with Gasteiger partial charge in [0.1, 0.15) is 16.9 Å². The zero-order valence-electron chi connectivity index (χ0n) is 25.4. The molecule has 224 valence electrons. The molecule has 9 nitrogen and oxygen atoms in total. The van der Waals surface area contributed by atoms with Crippen LogP contribution in [-0.4, -0.2) is 79.0 Å². The number of aliphatic imine (C=N–C) groups is 1. The minimum atomic E-state index is -0.831. The summed E-state index contributed by atoms with van der Waals surface area (Å²) in [6.07, 6.45) is 0.698. The Balaban J connectivity index is 1.41. The highest BCUT2D eigenvalue weighted by atomic mass is 35.5. The third-order valence-electron chi connectivity index (χ3n) is 8.67. The summed E-state index contributed by atoms with van der Waals surface area (Å²) >= 11 is 7.91. The lowest BCUT2D eigenvalue weighted by molar-refractivity contribution is -0.149. The van der Waals surface area contributed by atoms with Gasteiger partial charge in [0.2, 0.25) is 5.91 Å². The van der Waals surface area contributed by atoms with Crippen molar-refractivity contribution in [2.24, 2.45) is 10.4 Å². The highest BCUT2D eigenvalue weighted by Crippen LogP contribution is 2.40. The predicted octanol–water partition coefficient (Wildman–Crippen LogP) is 5.61. The lowest BCUT2D eigenvalue weighted by Crippen LogP contribution is -2.57. The zero-order chi connectivity index (χ0) is 30.6. The number of amides is 1. The third-order valence-corrected chi connectivity index (χ3v) is 10.1. The molecule has 0 aliphatic carbocycles. The molecule has 1 fully saturated rings. The van der Waals surface area contributed by atoms with Gasteiger partial charge in [0.05, 0.1) is 17.5 Å². The number of hydrogen-bond donors (Lipinski definition) is 1. The van der Waals surface area contributed by atoms with E-state index in [0.29, 0.717) is 43.4 Å². The first-order valence-electron chi connectivity index (χ1n) is 14.3. The first-order chi connectivity index (χ1) is 19.7. The lowest BCUT2D eigenvalue weighted by Gasteiger charge is -2.46. The second-order valence-corrected chi connectivity index (χ2v) is 14.3. The fraction of sp³-hybridized carbons (Fsp3) is 0.516. The van der Waals surface area contributed by atoms with E-state index in [1.54, 1.807) is 25.2 Å². The molecule has 4 heterocycles. The van der Waals surface area contributed by atoms with E-state index in [2.05, 4.69) is 47.4 Å². The van der Waals surface area contributed by atoms with E-state index in [1.165, 1.54) is 4.88 Å². The Labute approximate surface area is 256 Å². The van der Waals surface area contributed by atoms with Crippen LogP contribution in [-0.2, 0) is 9.59 Å². The molecule has 42 heavy (non-hydrogen) atoms. The number of carbonyl (C=O) groups excluding carboxylic acids is 1. The average Bonchev–Trinajstić information content (AvgIpc) is 3.40. The van der Waals surface area contributed by atoms with Crippen molar-refractivity contribution in [1.29, 1.82) is 0 Å². The molecule has 0 saturated carbocycles. The monoisotopic (exact) mass is 610 g/mol. The molecular formula is C31H39ClN6O3S. The van der Waals surface area contributed by atoms with E-state index in [1.807, 2.05) is 36.1 Å². The van der Waals surface area contributed by atoms with Crippen LogP contribution in [0.3, 0.4) is 0 Å². The van der Waals surface area contributed by atoms with Crippen molar-refractivity contribution in [3.63, 3.8) is 0 Å². The summed E-state index contributed by atoms with van der Waals surface area (Å²) in [7, 11) is 0. The maximum Gasteiger partial charge on any atom is 0.309 e. The number of aromatic nitrogens is 3. The standard InChI is InChI=1S/C31H39ClN6O3S/c1-18-19(2)42-28-25(18)26(21-8-10-22(32)11-9-21)33-23(27-35-34-20(3)38(27)28)16-24(39)36-12-14-37(15-13-36)31(6,7)17-30(4,5)29(40)41/h8-11,23H,12-17H2,1-7H3,(H,40,41). The summed E-state index contributed by atoms with van der Waals surface area (Å²) in [5.74, 6) is 0.655. The van der Waals surface area contributed by atoms with E-state index in [0.717, 1.165) is 33.2 Å². The van der Waals surface area contributed by atoms with Gasteiger partial charge in [-0.25, -0.2) is 0 Å². The first-order valence-corrected chi connectivity index (χ1v) is 15.5. The van der Waals surface area contributed by atoms with Crippen LogP contribution in [0.5, 0.6) is 0 Å².